The molecule has 0 aliphatic heterocycles. The van der Waals surface area contributed by atoms with Crippen molar-refractivity contribution in [3.63, 3.8) is 0 Å². The van der Waals surface area contributed by atoms with Crippen molar-refractivity contribution >= 4 is 5.78 Å². The maximum Gasteiger partial charge on any atom is 0.186 e. The molecule has 0 saturated heterocycles. The highest BCUT2D eigenvalue weighted by Crippen LogP contribution is 2.69. The molecule has 0 bridgehead atoms. The van der Waals surface area contributed by atoms with Gasteiger partial charge in [-0.3, -0.25) is 4.79 Å². The molecule has 0 N–H and O–H groups in total. The van der Waals surface area contributed by atoms with Crippen LogP contribution in [0.1, 0.15) is 38.2 Å². The van der Waals surface area contributed by atoms with Gasteiger partial charge >= 0.3 is 0 Å². The molecular formula is C11H17N3O. The van der Waals surface area contributed by atoms with Crippen molar-refractivity contribution in [1.82, 2.24) is 15.0 Å². The Kier molecular flexibility index (Phi) is 1.85. The highest BCUT2D eigenvalue weighted by Gasteiger charge is 2.68. The Labute approximate surface area is 89.7 Å². The van der Waals surface area contributed by atoms with Gasteiger partial charge in [-0.15, -0.1) is 5.10 Å². The number of nitrogens with zero attached hydrogens (tertiary/aromatic N) is 3. The minimum Gasteiger partial charge on any atom is -0.292 e. The van der Waals surface area contributed by atoms with E-state index in [4.69, 9.17) is 0 Å². The largest absolute Gasteiger partial charge is 0.292 e. The zero-order valence-corrected chi connectivity index (χ0v) is 9.90. The lowest BCUT2D eigenvalue weighted by atomic mass is 10.0. The molecule has 0 spiro atoms. The Balaban J connectivity index is 2.30. The second-order valence-corrected chi connectivity index (χ2v) is 5.48. The summed E-state index contributed by atoms with van der Waals surface area (Å²) in [6.07, 6.45) is 1.55. The normalized spacial score (nSPS) is 22.7. The first-order chi connectivity index (χ1) is 6.80. The Morgan fingerprint density at radius 1 is 1.33 bits per heavy atom. The lowest BCUT2D eigenvalue weighted by Gasteiger charge is -2.03. The second-order valence-electron chi connectivity index (χ2n) is 5.48. The van der Waals surface area contributed by atoms with Crippen LogP contribution in [0.4, 0.5) is 0 Å². The highest BCUT2D eigenvalue weighted by atomic mass is 16.1. The zero-order chi connectivity index (χ0) is 11.4. The van der Waals surface area contributed by atoms with E-state index in [-0.39, 0.29) is 22.5 Å². The zero-order valence-electron chi connectivity index (χ0n) is 9.90. The lowest BCUT2D eigenvalue weighted by molar-refractivity contribution is 0.0935. The molecule has 1 saturated carbocycles. The first-order valence-corrected chi connectivity index (χ1v) is 5.19. The summed E-state index contributed by atoms with van der Waals surface area (Å²) < 4.78 is 1.55. The molecule has 15 heavy (non-hydrogen) atoms. The monoisotopic (exact) mass is 207 g/mol. The molecule has 4 heteroatoms. The number of rotatable bonds is 2. The van der Waals surface area contributed by atoms with Crippen molar-refractivity contribution in [2.45, 2.75) is 27.7 Å². The van der Waals surface area contributed by atoms with Gasteiger partial charge in [0.1, 0.15) is 5.69 Å². The van der Waals surface area contributed by atoms with Gasteiger partial charge in [0.2, 0.25) is 0 Å². The van der Waals surface area contributed by atoms with Crippen molar-refractivity contribution < 1.29 is 4.79 Å². The van der Waals surface area contributed by atoms with Crippen LogP contribution in [0.25, 0.3) is 0 Å². The fourth-order valence-electron chi connectivity index (χ4n) is 2.51. The summed E-state index contributed by atoms with van der Waals surface area (Å²) in [5.74, 6) is 0.250. The van der Waals surface area contributed by atoms with Gasteiger partial charge < -0.3 is 0 Å². The van der Waals surface area contributed by atoms with Crippen LogP contribution in [-0.2, 0) is 7.05 Å². The van der Waals surface area contributed by atoms with E-state index in [2.05, 4.69) is 38.0 Å². The third-order valence-corrected chi connectivity index (χ3v) is 4.25. The number of aromatic nitrogens is 3. The van der Waals surface area contributed by atoms with Crippen molar-refractivity contribution in [2.75, 3.05) is 0 Å². The quantitative estimate of drug-likeness (QED) is 0.693. The smallest absolute Gasteiger partial charge is 0.186 e. The Morgan fingerprint density at radius 3 is 2.20 bits per heavy atom. The maximum atomic E-state index is 12.2. The fourth-order valence-corrected chi connectivity index (χ4v) is 2.51. The van der Waals surface area contributed by atoms with E-state index in [1.807, 2.05) is 0 Å². The van der Waals surface area contributed by atoms with Crippen LogP contribution in [0.3, 0.4) is 0 Å². The van der Waals surface area contributed by atoms with Crippen LogP contribution < -0.4 is 0 Å². The van der Waals surface area contributed by atoms with Gasteiger partial charge in [-0.2, -0.15) is 0 Å². The van der Waals surface area contributed by atoms with Crippen molar-refractivity contribution in [3.05, 3.63) is 11.9 Å². The molecule has 0 atom stereocenters. The summed E-state index contributed by atoms with van der Waals surface area (Å²) in [7, 11) is 1.75. The molecule has 82 valence electrons. The molecule has 0 amide bonds. The molecule has 0 unspecified atom stereocenters. The summed E-state index contributed by atoms with van der Waals surface area (Å²) in [4.78, 5) is 12.2. The molecule has 1 fully saturated rings. The Bertz CT molecular complexity index is 403. The van der Waals surface area contributed by atoms with Gasteiger partial charge in [0.15, 0.2) is 5.78 Å². The maximum absolute atomic E-state index is 12.2. The molecule has 1 aliphatic rings. The summed E-state index contributed by atoms with van der Waals surface area (Å²) in [5.41, 5.74) is 0.765. The summed E-state index contributed by atoms with van der Waals surface area (Å²) in [5, 5.41) is 7.53. The van der Waals surface area contributed by atoms with Crippen LogP contribution in [0, 0.1) is 16.7 Å². The summed E-state index contributed by atoms with van der Waals surface area (Å²) >= 11 is 0. The predicted molar refractivity (Wildman–Crippen MR) is 56.4 cm³/mol. The van der Waals surface area contributed by atoms with Gasteiger partial charge in [-0.25, -0.2) is 4.68 Å². The summed E-state index contributed by atoms with van der Waals surface area (Å²) in [6, 6.07) is 0. The molecule has 1 aromatic rings. The van der Waals surface area contributed by atoms with Gasteiger partial charge in [-0.05, 0) is 10.8 Å². The van der Waals surface area contributed by atoms with Crippen LogP contribution in [0.15, 0.2) is 6.20 Å². The minimum absolute atomic E-state index is 0.0777. The van der Waals surface area contributed by atoms with Crippen LogP contribution in [0.5, 0.6) is 0 Å². The van der Waals surface area contributed by atoms with Gasteiger partial charge in [0.05, 0.1) is 6.20 Å². The van der Waals surface area contributed by atoms with Gasteiger partial charge in [-0.1, -0.05) is 32.9 Å². The molecular weight excluding hydrogens is 190 g/mol. The van der Waals surface area contributed by atoms with E-state index in [9.17, 15) is 4.79 Å². The number of carbonyl (C=O) groups excluding carboxylic acids is 1. The Hall–Kier alpha value is -1.19. The number of Topliss-reactive ketones (excluding diaryl/α,β-unsaturated/α-hetero) is 1. The first-order valence-electron chi connectivity index (χ1n) is 5.19. The van der Waals surface area contributed by atoms with Crippen LogP contribution >= 0.6 is 0 Å². The van der Waals surface area contributed by atoms with Gasteiger partial charge in [0, 0.05) is 13.0 Å². The molecule has 4 nitrogen and oxygen atoms in total. The van der Waals surface area contributed by atoms with E-state index >= 15 is 0 Å². The number of hydrogen-bond donors (Lipinski definition) is 0. The minimum atomic E-state index is 0.0777. The van der Waals surface area contributed by atoms with E-state index < -0.39 is 0 Å². The topological polar surface area (TPSA) is 47.8 Å². The fraction of sp³-hybridized carbons (Fsp3) is 0.727. The van der Waals surface area contributed by atoms with E-state index in [0.717, 1.165) is 0 Å². The van der Waals surface area contributed by atoms with Crippen molar-refractivity contribution in [1.29, 1.82) is 0 Å². The summed E-state index contributed by atoms with van der Waals surface area (Å²) in [6.45, 7) is 8.55. The molecule has 0 aromatic carbocycles. The molecule has 1 heterocycles. The van der Waals surface area contributed by atoms with Crippen LogP contribution in [0.2, 0.25) is 0 Å². The third-order valence-electron chi connectivity index (χ3n) is 4.25. The highest BCUT2D eigenvalue weighted by molar-refractivity contribution is 5.99. The average Bonchev–Trinajstić information content (AvgIpc) is 2.48. The lowest BCUT2D eigenvalue weighted by Crippen LogP contribution is -2.12. The number of carbonyl (C=O) groups is 1. The molecule has 1 aromatic heterocycles. The van der Waals surface area contributed by atoms with Crippen LogP contribution in [-0.4, -0.2) is 20.8 Å². The SMILES string of the molecule is Cn1nncc1C(=O)C1C(C)(C)C1(C)C. The standard InChI is InChI=1S/C11H17N3O/c1-10(2)9(11(10,3)4)8(15)7-6-12-13-14(7)5/h6,9H,1-5H3. The molecule has 1 aliphatic carbocycles. The first kappa shape index (κ1) is 10.3. The van der Waals surface area contributed by atoms with E-state index in [0.29, 0.717) is 5.69 Å². The second kappa shape index (κ2) is 2.68. The predicted octanol–water partition coefficient (Wildman–Crippen LogP) is 1.68. The van der Waals surface area contributed by atoms with E-state index in [1.54, 1.807) is 17.9 Å². The van der Waals surface area contributed by atoms with Crippen molar-refractivity contribution in [3.8, 4) is 0 Å². The Morgan fingerprint density at radius 2 is 1.87 bits per heavy atom. The average molecular weight is 207 g/mol. The number of hydrogen-bond acceptors (Lipinski definition) is 3. The van der Waals surface area contributed by atoms with Gasteiger partial charge in [0.25, 0.3) is 0 Å². The molecule has 0 radical (unpaired) electrons. The molecule has 2 rings (SSSR count). The number of ketones is 1. The van der Waals surface area contributed by atoms with Crippen molar-refractivity contribution in [2.24, 2.45) is 23.8 Å². The van der Waals surface area contributed by atoms with E-state index in [1.165, 1.54) is 0 Å². The third kappa shape index (κ3) is 1.17. The number of aryl methyl sites for hydroxylation is 1.